The molecule has 0 saturated heterocycles. The molecule has 0 heterocycles. The zero-order valence-electron chi connectivity index (χ0n) is 16.3. The molecule has 1 amide bonds. The summed E-state index contributed by atoms with van der Waals surface area (Å²) in [5.41, 5.74) is 0.148. The average molecular weight is 443 g/mol. The molecule has 0 saturated carbocycles. The van der Waals surface area contributed by atoms with Gasteiger partial charge in [-0.05, 0) is 29.7 Å². The smallest absolute Gasteiger partial charge is 0.347 e. The van der Waals surface area contributed by atoms with Gasteiger partial charge < -0.3 is 10.2 Å². The summed E-state index contributed by atoms with van der Waals surface area (Å²) in [4.78, 5) is 14.2. The van der Waals surface area contributed by atoms with Crippen LogP contribution >= 0.6 is 23.8 Å². The number of carbonyl (C=O) groups excluding carboxylic acids is 1. The van der Waals surface area contributed by atoms with Crippen LogP contribution in [0.1, 0.15) is 31.9 Å². The third kappa shape index (κ3) is 6.18. The van der Waals surface area contributed by atoms with Crippen molar-refractivity contribution >= 4 is 40.4 Å². The Morgan fingerprint density at radius 3 is 2.31 bits per heavy atom. The Balaban J connectivity index is 2.32. The first-order valence-corrected chi connectivity index (χ1v) is 9.78. The van der Waals surface area contributed by atoms with Crippen LogP contribution in [0.4, 0.5) is 18.9 Å². The van der Waals surface area contributed by atoms with Gasteiger partial charge in [0.05, 0.1) is 22.3 Å². The average Bonchev–Trinajstić information content (AvgIpc) is 2.62. The minimum atomic E-state index is -4.50. The van der Waals surface area contributed by atoms with Crippen LogP contribution in [-0.4, -0.2) is 21.8 Å². The molecule has 0 aliphatic carbocycles. The zero-order valence-corrected chi connectivity index (χ0v) is 17.8. The molecular formula is C21H22ClF3N2OS. The van der Waals surface area contributed by atoms with E-state index in [1.54, 1.807) is 4.90 Å². The summed E-state index contributed by atoms with van der Waals surface area (Å²) in [6.45, 7) is 5.57. The first-order chi connectivity index (χ1) is 13.5. The molecule has 29 heavy (non-hydrogen) atoms. The van der Waals surface area contributed by atoms with Gasteiger partial charge in [0.25, 0.3) is 0 Å². The van der Waals surface area contributed by atoms with E-state index in [2.05, 4.69) is 5.32 Å². The number of nitrogens with one attached hydrogen (secondary N) is 1. The molecule has 0 aliphatic rings. The summed E-state index contributed by atoms with van der Waals surface area (Å²) in [7, 11) is 0. The topological polar surface area (TPSA) is 32.3 Å². The maximum absolute atomic E-state index is 13.0. The quantitative estimate of drug-likeness (QED) is 0.543. The molecule has 8 heteroatoms. The van der Waals surface area contributed by atoms with Crippen LogP contribution in [0, 0.1) is 5.92 Å². The van der Waals surface area contributed by atoms with E-state index >= 15 is 0 Å². The minimum absolute atomic E-state index is 0.0559. The number of hydrogen-bond acceptors (Lipinski definition) is 2. The molecule has 156 valence electrons. The van der Waals surface area contributed by atoms with Crippen LogP contribution in [0.15, 0.2) is 48.5 Å². The Hall–Kier alpha value is -2.12. The van der Waals surface area contributed by atoms with E-state index in [-0.39, 0.29) is 27.5 Å². The lowest BCUT2D eigenvalue weighted by Gasteiger charge is -2.35. The lowest BCUT2D eigenvalue weighted by Crippen LogP contribution is -2.48. The Labute approximate surface area is 178 Å². The fourth-order valence-electron chi connectivity index (χ4n) is 2.99. The molecule has 0 bridgehead atoms. The van der Waals surface area contributed by atoms with Gasteiger partial charge in [0.2, 0.25) is 5.91 Å². The molecule has 0 fully saturated rings. The normalized spacial score (nSPS) is 12.6. The van der Waals surface area contributed by atoms with Crippen molar-refractivity contribution in [2.24, 2.45) is 5.92 Å². The molecular weight excluding hydrogens is 421 g/mol. The van der Waals surface area contributed by atoms with E-state index in [0.29, 0.717) is 6.54 Å². The van der Waals surface area contributed by atoms with Crippen molar-refractivity contribution < 1.29 is 18.0 Å². The monoisotopic (exact) mass is 442 g/mol. The van der Waals surface area contributed by atoms with E-state index in [1.165, 1.54) is 13.0 Å². The standard InChI is InChI=1S/C21H22ClF3N2OS/c1-13(2)19(27(14(3)28)12-15-7-5-4-6-8-15)20(29)26-18-11-16(21(23,24)25)9-10-17(18)22/h4-11,13,19H,12H2,1-3H3,(H,26,29). The first kappa shape index (κ1) is 23.2. The van der Waals surface area contributed by atoms with E-state index < -0.39 is 17.8 Å². The van der Waals surface area contributed by atoms with Gasteiger partial charge in [0, 0.05) is 13.5 Å². The number of benzene rings is 2. The van der Waals surface area contributed by atoms with Crippen molar-refractivity contribution in [2.75, 3.05) is 5.32 Å². The number of nitrogens with zero attached hydrogens (tertiary/aromatic N) is 1. The minimum Gasteiger partial charge on any atom is -0.347 e. The second-order valence-electron chi connectivity index (χ2n) is 7.00. The van der Waals surface area contributed by atoms with Crippen LogP contribution in [0.5, 0.6) is 0 Å². The predicted octanol–water partition coefficient (Wildman–Crippen LogP) is 6.17. The van der Waals surface area contributed by atoms with Gasteiger partial charge >= 0.3 is 6.18 Å². The van der Waals surface area contributed by atoms with Crippen LogP contribution in [0.25, 0.3) is 0 Å². The Morgan fingerprint density at radius 2 is 1.79 bits per heavy atom. The highest BCUT2D eigenvalue weighted by atomic mass is 35.5. The lowest BCUT2D eigenvalue weighted by atomic mass is 10.0. The summed E-state index contributed by atoms with van der Waals surface area (Å²) >= 11 is 11.6. The second kappa shape index (κ2) is 9.59. The molecule has 0 spiro atoms. The van der Waals surface area contributed by atoms with Crippen LogP contribution < -0.4 is 5.32 Å². The number of halogens is 4. The highest BCUT2D eigenvalue weighted by Gasteiger charge is 2.32. The Morgan fingerprint density at radius 1 is 1.17 bits per heavy atom. The third-order valence-electron chi connectivity index (χ3n) is 4.39. The first-order valence-electron chi connectivity index (χ1n) is 8.99. The number of thiocarbonyl (C=S) groups is 1. The maximum Gasteiger partial charge on any atom is 0.416 e. The van der Waals surface area contributed by atoms with Crippen molar-refractivity contribution in [3.63, 3.8) is 0 Å². The van der Waals surface area contributed by atoms with Crippen LogP contribution in [-0.2, 0) is 17.5 Å². The van der Waals surface area contributed by atoms with Crippen molar-refractivity contribution in [1.29, 1.82) is 0 Å². The van der Waals surface area contributed by atoms with Crippen LogP contribution in [0.3, 0.4) is 0 Å². The molecule has 2 aromatic rings. The molecule has 1 N–H and O–H groups in total. The van der Waals surface area contributed by atoms with E-state index in [0.717, 1.165) is 17.7 Å². The van der Waals surface area contributed by atoms with E-state index in [4.69, 9.17) is 23.8 Å². The van der Waals surface area contributed by atoms with E-state index in [1.807, 2.05) is 44.2 Å². The van der Waals surface area contributed by atoms with Gasteiger partial charge in [0.1, 0.15) is 4.99 Å². The van der Waals surface area contributed by atoms with Crippen molar-refractivity contribution in [1.82, 2.24) is 4.90 Å². The van der Waals surface area contributed by atoms with Crippen molar-refractivity contribution in [3.8, 4) is 0 Å². The van der Waals surface area contributed by atoms with Crippen molar-refractivity contribution in [2.45, 2.75) is 39.5 Å². The van der Waals surface area contributed by atoms with Gasteiger partial charge in [0.15, 0.2) is 0 Å². The fraction of sp³-hybridized carbons (Fsp3) is 0.333. The predicted molar refractivity (Wildman–Crippen MR) is 114 cm³/mol. The number of amides is 1. The zero-order chi connectivity index (χ0) is 21.8. The lowest BCUT2D eigenvalue weighted by molar-refractivity contribution is -0.137. The van der Waals surface area contributed by atoms with Gasteiger partial charge in [-0.15, -0.1) is 0 Å². The number of alkyl halides is 3. The molecule has 1 atom stereocenters. The van der Waals surface area contributed by atoms with E-state index in [9.17, 15) is 18.0 Å². The van der Waals surface area contributed by atoms with Gasteiger partial charge in [-0.3, -0.25) is 4.79 Å². The molecule has 3 nitrogen and oxygen atoms in total. The fourth-order valence-corrected chi connectivity index (χ4v) is 3.67. The highest BCUT2D eigenvalue weighted by molar-refractivity contribution is 7.80. The summed E-state index contributed by atoms with van der Waals surface area (Å²) in [5.74, 6) is -0.265. The van der Waals surface area contributed by atoms with Gasteiger partial charge in [-0.1, -0.05) is 68.0 Å². The Bertz CT molecular complexity index is 872. The molecule has 0 radical (unpaired) electrons. The summed E-state index contributed by atoms with van der Waals surface area (Å²) < 4.78 is 39.1. The molecule has 0 aromatic heterocycles. The number of carbonyl (C=O) groups is 1. The summed E-state index contributed by atoms with van der Waals surface area (Å²) in [5, 5.41) is 2.94. The largest absolute Gasteiger partial charge is 0.416 e. The maximum atomic E-state index is 13.0. The van der Waals surface area contributed by atoms with Gasteiger partial charge in [-0.2, -0.15) is 13.2 Å². The van der Waals surface area contributed by atoms with Gasteiger partial charge in [-0.25, -0.2) is 0 Å². The molecule has 0 aliphatic heterocycles. The third-order valence-corrected chi connectivity index (χ3v) is 5.06. The van der Waals surface area contributed by atoms with Crippen molar-refractivity contribution in [3.05, 3.63) is 64.7 Å². The molecule has 2 rings (SSSR count). The second-order valence-corrected chi connectivity index (χ2v) is 7.85. The summed E-state index contributed by atoms with van der Waals surface area (Å²) in [6.07, 6.45) is -4.50. The van der Waals surface area contributed by atoms with Crippen LogP contribution in [0.2, 0.25) is 5.02 Å². The highest BCUT2D eigenvalue weighted by Crippen LogP contribution is 2.34. The molecule has 2 aromatic carbocycles. The Kier molecular flexibility index (Phi) is 7.66. The summed E-state index contributed by atoms with van der Waals surface area (Å²) in [6, 6.07) is 11.9. The molecule has 1 unspecified atom stereocenters. The SMILES string of the molecule is CC(=O)N(Cc1ccccc1)C(C(=S)Nc1cc(C(F)(F)F)ccc1Cl)C(C)C. The number of rotatable bonds is 6. The number of hydrogen-bond donors (Lipinski definition) is 1. The number of anilines is 1.